The SMILES string of the molecule is O=C1CCC(N2Cc3c(cc(F)c(C4CCN(C5CCC5)CC4)c3F)C2=O)C(=O)N1. The van der Waals surface area contributed by atoms with Gasteiger partial charge in [-0.15, -0.1) is 0 Å². The molecule has 30 heavy (non-hydrogen) atoms. The van der Waals surface area contributed by atoms with E-state index in [0.717, 1.165) is 19.2 Å². The highest BCUT2D eigenvalue weighted by atomic mass is 19.1. The lowest BCUT2D eigenvalue weighted by Crippen LogP contribution is -2.52. The molecule has 1 unspecified atom stereocenters. The predicted molar refractivity (Wildman–Crippen MR) is 104 cm³/mol. The molecule has 5 rings (SSSR count). The van der Waals surface area contributed by atoms with Crippen LogP contribution in [0, 0.1) is 11.6 Å². The number of amides is 3. The minimum Gasteiger partial charge on any atom is -0.322 e. The zero-order valence-electron chi connectivity index (χ0n) is 16.8. The summed E-state index contributed by atoms with van der Waals surface area (Å²) < 4.78 is 30.4. The Morgan fingerprint density at radius 1 is 1.00 bits per heavy atom. The van der Waals surface area contributed by atoms with Gasteiger partial charge in [-0.25, -0.2) is 8.78 Å². The van der Waals surface area contributed by atoms with Crippen molar-refractivity contribution in [1.82, 2.24) is 15.1 Å². The fourth-order valence-corrected chi connectivity index (χ4v) is 5.33. The number of likely N-dealkylation sites (tertiary alicyclic amines) is 1. The van der Waals surface area contributed by atoms with E-state index in [2.05, 4.69) is 10.2 Å². The van der Waals surface area contributed by atoms with Crippen molar-refractivity contribution in [3.05, 3.63) is 34.4 Å². The van der Waals surface area contributed by atoms with E-state index >= 15 is 4.39 Å². The van der Waals surface area contributed by atoms with Crippen molar-refractivity contribution >= 4 is 17.7 Å². The minimum atomic E-state index is -0.834. The molecule has 1 aromatic rings. The number of imide groups is 1. The van der Waals surface area contributed by atoms with Crippen molar-refractivity contribution in [2.24, 2.45) is 0 Å². The molecule has 1 N–H and O–H groups in total. The number of nitrogens with one attached hydrogen (secondary N) is 1. The molecule has 3 fully saturated rings. The number of fused-ring (bicyclic) bond motifs is 1. The Morgan fingerprint density at radius 2 is 1.73 bits per heavy atom. The Balaban J connectivity index is 1.37. The summed E-state index contributed by atoms with van der Waals surface area (Å²) in [6.07, 6.45) is 5.41. The Bertz CT molecular complexity index is 923. The molecule has 8 heteroatoms. The zero-order chi connectivity index (χ0) is 21.0. The van der Waals surface area contributed by atoms with Crippen LogP contribution in [0.25, 0.3) is 0 Å². The van der Waals surface area contributed by atoms with Crippen LogP contribution in [0.4, 0.5) is 8.78 Å². The molecule has 0 radical (unpaired) electrons. The van der Waals surface area contributed by atoms with E-state index in [-0.39, 0.29) is 47.9 Å². The topological polar surface area (TPSA) is 69.7 Å². The van der Waals surface area contributed by atoms with Gasteiger partial charge in [-0.05, 0) is 57.2 Å². The van der Waals surface area contributed by atoms with E-state index < -0.39 is 29.5 Å². The number of hydrogen-bond acceptors (Lipinski definition) is 4. The van der Waals surface area contributed by atoms with Crippen LogP contribution in [0.15, 0.2) is 6.07 Å². The maximum absolute atomic E-state index is 15.4. The molecule has 2 saturated heterocycles. The predicted octanol–water partition coefficient (Wildman–Crippen LogP) is 2.46. The van der Waals surface area contributed by atoms with E-state index in [1.165, 1.54) is 24.2 Å². The zero-order valence-corrected chi connectivity index (χ0v) is 16.8. The summed E-state index contributed by atoms with van der Waals surface area (Å²) in [5.74, 6) is -3.01. The molecule has 0 bridgehead atoms. The van der Waals surface area contributed by atoms with E-state index in [0.29, 0.717) is 18.9 Å². The second kappa shape index (κ2) is 7.41. The van der Waals surface area contributed by atoms with Crippen LogP contribution in [-0.4, -0.2) is 52.7 Å². The summed E-state index contributed by atoms with van der Waals surface area (Å²) in [6, 6.07) is 0.930. The van der Waals surface area contributed by atoms with Gasteiger partial charge < -0.3 is 9.80 Å². The third-order valence-electron chi connectivity index (χ3n) is 7.29. The Morgan fingerprint density at radius 3 is 2.37 bits per heavy atom. The second-order valence-corrected chi connectivity index (χ2v) is 8.91. The summed E-state index contributed by atoms with van der Waals surface area (Å²) in [5, 5.41) is 2.22. The number of piperidine rings is 2. The highest BCUT2D eigenvalue weighted by Crippen LogP contribution is 2.39. The highest BCUT2D eigenvalue weighted by molar-refractivity contribution is 6.05. The summed E-state index contributed by atoms with van der Waals surface area (Å²) >= 11 is 0. The molecule has 1 atom stereocenters. The molecule has 3 aliphatic heterocycles. The highest BCUT2D eigenvalue weighted by Gasteiger charge is 2.42. The van der Waals surface area contributed by atoms with Gasteiger partial charge in [-0.1, -0.05) is 6.42 Å². The van der Waals surface area contributed by atoms with Gasteiger partial charge in [-0.3, -0.25) is 19.7 Å². The largest absolute Gasteiger partial charge is 0.322 e. The van der Waals surface area contributed by atoms with Gasteiger partial charge in [0.2, 0.25) is 11.8 Å². The number of carbonyl (C=O) groups is 3. The average molecular weight is 417 g/mol. The van der Waals surface area contributed by atoms with Gasteiger partial charge in [0.1, 0.15) is 17.7 Å². The first kappa shape index (κ1) is 19.6. The van der Waals surface area contributed by atoms with Gasteiger partial charge in [0.05, 0.1) is 12.1 Å². The molecule has 3 heterocycles. The van der Waals surface area contributed by atoms with Crippen molar-refractivity contribution in [1.29, 1.82) is 0 Å². The second-order valence-electron chi connectivity index (χ2n) is 8.91. The summed E-state index contributed by atoms with van der Waals surface area (Å²) in [6.45, 7) is 1.61. The lowest BCUT2D eigenvalue weighted by atomic mass is 9.84. The van der Waals surface area contributed by atoms with Gasteiger partial charge in [0.25, 0.3) is 5.91 Å². The number of halogens is 2. The smallest absolute Gasteiger partial charge is 0.255 e. The first-order chi connectivity index (χ1) is 14.4. The van der Waals surface area contributed by atoms with E-state index in [1.807, 2.05) is 0 Å². The van der Waals surface area contributed by atoms with Crippen LogP contribution < -0.4 is 5.32 Å². The number of benzene rings is 1. The molecule has 1 saturated carbocycles. The van der Waals surface area contributed by atoms with Crippen molar-refractivity contribution in [3.8, 4) is 0 Å². The normalized spacial score (nSPS) is 26.0. The van der Waals surface area contributed by atoms with E-state index in [1.54, 1.807) is 0 Å². The first-order valence-electron chi connectivity index (χ1n) is 10.8. The van der Waals surface area contributed by atoms with Gasteiger partial charge in [-0.2, -0.15) is 0 Å². The summed E-state index contributed by atoms with van der Waals surface area (Å²) in [7, 11) is 0. The molecular weight excluding hydrogens is 392 g/mol. The van der Waals surface area contributed by atoms with Gasteiger partial charge >= 0.3 is 0 Å². The van der Waals surface area contributed by atoms with Crippen molar-refractivity contribution < 1.29 is 23.2 Å². The van der Waals surface area contributed by atoms with Crippen LogP contribution in [0.5, 0.6) is 0 Å². The standard InChI is InChI=1S/C22H25F2N3O3/c23-16-10-14-15(11-27(22(14)30)17-4-5-18(28)25-21(17)29)20(24)19(16)12-6-8-26(9-7-12)13-2-1-3-13/h10,12-13,17H,1-9,11H2,(H,25,28,29). The maximum atomic E-state index is 15.4. The van der Waals surface area contributed by atoms with Crippen LogP contribution in [-0.2, 0) is 16.1 Å². The van der Waals surface area contributed by atoms with Crippen LogP contribution in [0.2, 0.25) is 0 Å². The number of rotatable bonds is 3. The Labute approximate surface area is 173 Å². The number of hydrogen-bond donors (Lipinski definition) is 1. The number of nitrogens with zero attached hydrogens (tertiary/aromatic N) is 2. The third kappa shape index (κ3) is 3.12. The summed E-state index contributed by atoms with van der Waals surface area (Å²) in [5.41, 5.74) is 0.243. The maximum Gasteiger partial charge on any atom is 0.255 e. The van der Waals surface area contributed by atoms with Gasteiger partial charge in [0, 0.05) is 23.6 Å². The lowest BCUT2D eigenvalue weighted by molar-refractivity contribution is -0.136. The van der Waals surface area contributed by atoms with Crippen LogP contribution in [0.3, 0.4) is 0 Å². The Hall–Kier alpha value is -2.35. The van der Waals surface area contributed by atoms with Crippen LogP contribution >= 0.6 is 0 Å². The van der Waals surface area contributed by atoms with Crippen molar-refractivity contribution in [3.63, 3.8) is 0 Å². The molecule has 3 amide bonds. The quantitative estimate of drug-likeness (QED) is 0.768. The third-order valence-corrected chi connectivity index (χ3v) is 7.29. The molecule has 1 aliphatic carbocycles. The van der Waals surface area contributed by atoms with Crippen molar-refractivity contribution in [2.75, 3.05) is 13.1 Å². The molecule has 0 aromatic heterocycles. The molecular formula is C22H25F2N3O3. The average Bonchev–Trinajstić information content (AvgIpc) is 2.99. The minimum absolute atomic E-state index is 0.00893. The van der Waals surface area contributed by atoms with Gasteiger partial charge in [0.15, 0.2) is 0 Å². The molecule has 160 valence electrons. The first-order valence-corrected chi connectivity index (χ1v) is 10.8. The summed E-state index contributed by atoms with van der Waals surface area (Å²) in [4.78, 5) is 40.0. The molecule has 4 aliphatic rings. The van der Waals surface area contributed by atoms with Crippen molar-refractivity contribution in [2.45, 2.75) is 69.5 Å². The molecule has 6 nitrogen and oxygen atoms in total. The Kier molecular flexibility index (Phi) is 4.84. The monoisotopic (exact) mass is 417 g/mol. The van der Waals surface area contributed by atoms with E-state index in [4.69, 9.17) is 0 Å². The molecule has 0 spiro atoms. The fraction of sp³-hybridized carbons (Fsp3) is 0.591. The fourth-order valence-electron chi connectivity index (χ4n) is 5.33. The van der Waals surface area contributed by atoms with Crippen LogP contribution in [0.1, 0.15) is 72.3 Å². The number of carbonyl (C=O) groups excluding carboxylic acids is 3. The van der Waals surface area contributed by atoms with E-state index in [9.17, 15) is 18.8 Å². The molecule has 1 aromatic carbocycles. The lowest BCUT2D eigenvalue weighted by Gasteiger charge is -2.42.